The van der Waals surface area contributed by atoms with Gasteiger partial charge in [-0.1, -0.05) is 26.0 Å². The number of sulfonamides is 1. The average molecular weight is 806 g/mol. The Balaban J connectivity index is 1.02. The number of benzene rings is 1. The fourth-order valence-corrected chi connectivity index (χ4v) is 10.9. The molecular formula is C41H51N5O10S. The molecule has 57 heavy (non-hydrogen) atoms. The van der Waals surface area contributed by atoms with Crippen molar-refractivity contribution in [1.29, 1.82) is 0 Å². The number of carbonyl (C=O) groups excluding carboxylic acids is 4. The molecule has 1 aromatic heterocycles. The number of carbonyl (C=O) groups is 4. The quantitative estimate of drug-likeness (QED) is 0.346. The monoisotopic (exact) mass is 805 g/mol. The van der Waals surface area contributed by atoms with Gasteiger partial charge in [0.25, 0.3) is 5.91 Å². The maximum atomic E-state index is 14.9. The molecule has 3 aliphatic heterocycles. The van der Waals surface area contributed by atoms with Gasteiger partial charge in [-0.2, -0.15) is 0 Å². The number of nitrogens with one attached hydrogen (secondary N) is 3. The van der Waals surface area contributed by atoms with E-state index in [1.54, 1.807) is 12.3 Å². The Bertz CT molecular complexity index is 2100. The van der Waals surface area contributed by atoms with E-state index in [4.69, 9.17) is 18.9 Å². The zero-order valence-corrected chi connectivity index (χ0v) is 33.1. The van der Waals surface area contributed by atoms with Crippen LogP contribution in [0.3, 0.4) is 0 Å². The number of allylic oxidation sites excluding steroid dienone is 1. The first-order chi connectivity index (χ1) is 27.4. The number of pyridine rings is 1. The number of fused-ring (bicyclic) bond motifs is 6. The van der Waals surface area contributed by atoms with E-state index < -0.39 is 68.7 Å². The van der Waals surface area contributed by atoms with Gasteiger partial charge in [-0.15, -0.1) is 0 Å². The van der Waals surface area contributed by atoms with Crippen molar-refractivity contribution >= 4 is 44.6 Å². The second-order valence-corrected chi connectivity index (χ2v) is 19.4. The maximum Gasteiger partial charge on any atom is 0.408 e. The van der Waals surface area contributed by atoms with E-state index in [1.165, 1.54) is 11.3 Å². The van der Waals surface area contributed by atoms with Crippen LogP contribution < -0.4 is 29.6 Å². The van der Waals surface area contributed by atoms with Gasteiger partial charge in [0.1, 0.15) is 43.0 Å². The molecule has 1 unspecified atom stereocenters. The molecule has 5 fully saturated rings. The van der Waals surface area contributed by atoms with Crippen LogP contribution in [0, 0.1) is 29.6 Å². The smallest absolute Gasteiger partial charge is 0.408 e. The van der Waals surface area contributed by atoms with E-state index in [9.17, 15) is 27.6 Å². The van der Waals surface area contributed by atoms with E-state index in [1.807, 2.05) is 31.2 Å². The second-order valence-electron chi connectivity index (χ2n) is 17.4. The molecule has 0 spiro atoms. The van der Waals surface area contributed by atoms with Crippen molar-refractivity contribution in [3.8, 4) is 17.4 Å². The fourth-order valence-electron chi connectivity index (χ4n) is 9.56. The van der Waals surface area contributed by atoms with Crippen molar-refractivity contribution in [2.45, 2.75) is 113 Å². The summed E-state index contributed by atoms with van der Waals surface area (Å²) in [5.41, 5.74) is -1.51. The van der Waals surface area contributed by atoms with Crippen LogP contribution in [0.4, 0.5) is 4.79 Å². The summed E-state index contributed by atoms with van der Waals surface area (Å²) in [4.78, 5) is 62.7. The van der Waals surface area contributed by atoms with Crippen LogP contribution in [0.2, 0.25) is 0 Å². The minimum atomic E-state index is -3.90. The van der Waals surface area contributed by atoms with Crippen LogP contribution in [0.5, 0.6) is 17.4 Å². The molecule has 16 heteroatoms. The highest BCUT2D eigenvalue weighted by molar-refractivity contribution is 7.91. The van der Waals surface area contributed by atoms with Crippen molar-refractivity contribution in [2.24, 2.45) is 29.6 Å². The van der Waals surface area contributed by atoms with Crippen LogP contribution in [0.1, 0.15) is 78.1 Å². The van der Waals surface area contributed by atoms with Gasteiger partial charge in [0, 0.05) is 29.3 Å². The number of aromatic nitrogens is 1. The number of amides is 4. The van der Waals surface area contributed by atoms with Crippen LogP contribution in [0.25, 0.3) is 10.8 Å². The first-order valence-corrected chi connectivity index (χ1v) is 22.1. The molecule has 306 valence electrons. The largest absolute Gasteiger partial charge is 0.486 e. The molecule has 4 saturated carbocycles. The third-order valence-electron chi connectivity index (χ3n) is 13.1. The first kappa shape index (κ1) is 37.9. The lowest BCUT2D eigenvalue weighted by Crippen LogP contribution is -2.59. The molecule has 1 saturated heterocycles. The van der Waals surface area contributed by atoms with E-state index in [-0.39, 0.29) is 43.2 Å². The Morgan fingerprint density at radius 1 is 0.965 bits per heavy atom. The minimum Gasteiger partial charge on any atom is -0.486 e. The van der Waals surface area contributed by atoms with Gasteiger partial charge in [0.05, 0.1) is 11.8 Å². The van der Waals surface area contributed by atoms with E-state index >= 15 is 0 Å². The van der Waals surface area contributed by atoms with Crippen LogP contribution in [-0.2, 0) is 29.1 Å². The van der Waals surface area contributed by atoms with Crippen LogP contribution in [0.15, 0.2) is 36.5 Å². The predicted octanol–water partition coefficient (Wildman–Crippen LogP) is 3.74. The SMILES string of the molecule is C[C@H]1CC/C=C\[C@@H]2C[C@@]2(C(=O)NS(=O)(=O)C2CC2)NC(=O)[C@@H]2C[C@@H](Oc3nccc4c5c(ccc34)OCCO5)CN2C(=O)[C@@H](NC(=O)OC2C[C@@H]3C[C@@H]3C2)[C@H](C)C1. The van der Waals surface area contributed by atoms with Crippen molar-refractivity contribution in [2.75, 3.05) is 19.8 Å². The van der Waals surface area contributed by atoms with E-state index in [0.717, 1.165) is 24.6 Å². The summed E-state index contributed by atoms with van der Waals surface area (Å²) in [5, 5.41) is 6.60. The average Bonchev–Trinajstić information content (AvgIpc) is 4.14. The van der Waals surface area contributed by atoms with Gasteiger partial charge in [-0.3, -0.25) is 19.1 Å². The summed E-state index contributed by atoms with van der Waals surface area (Å²) in [6.45, 7) is 4.85. The number of hydrogen-bond acceptors (Lipinski definition) is 11. The molecular weight excluding hydrogens is 755 g/mol. The zero-order chi connectivity index (χ0) is 39.6. The summed E-state index contributed by atoms with van der Waals surface area (Å²) in [6.07, 6.45) is 10.0. The van der Waals surface area contributed by atoms with Gasteiger partial charge in [0.15, 0.2) is 11.5 Å². The highest BCUT2D eigenvalue weighted by Gasteiger charge is 2.62. The molecule has 4 heterocycles. The van der Waals surface area contributed by atoms with Crippen molar-refractivity contribution in [1.82, 2.24) is 25.2 Å². The number of ether oxygens (including phenoxy) is 4. The molecule has 10 atom stereocenters. The van der Waals surface area contributed by atoms with Gasteiger partial charge in [-0.05, 0) is 99.7 Å². The van der Waals surface area contributed by atoms with Crippen LogP contribution in [-0.4, -0.2) is 97.0 Å². The van der Waals surface area contributed by atoms with Gasteiger partial charge < -0.3 is 34.5 Å². The topological polar surface area (TPSA) is 192 Å². The lowest BCUT2D eigenvalue weighted by atomic mass is 9.88. The van der Waals surface area contributed by atoms with Crippen molar-refractivity contribution in [3.05, 3.63) is 36.5 Å². The van der Waals surface area contributed by atoms with Gasteiger partial charge in [0.2, 0.25) is 27.7 Å². The van der Waals surface area contributed by atoms with Crippen molar-refractivity contribution in [3.63, 3.8) is 0 Å². The summed E-state index contributed by atoms with van der Waals surface area (Å²) in [7, 11) is -3.90. The number of hydrogen-bond donors (Lipinski definition) is 3. The molecule has 4 aliphatic carbocycles. The molecule has 1 aromatic carbocycles. The fraction of sp³-hybridized carbons (Fsp3) is 0.634. The molecule has 7 aliphatic rings. The van der Waals surface area contributed by atoms with Crippen LogP contribution >= 0.6 is 0 Å². The normalized spacial score (nSPS) is 35.3. The highest BCUT2D eigenvalue weighted by atomic mass is 32.2. The summed E-state index contributed by atoms with van der Waals surface area (Å²) < 4.78 is 52.2. The summed E-state index contributed by atoms with van der Waals surface area (Å²) >= 11 is 0. The molecule has 4 amide bonds. The first-order valence-electron chi connectivity index (χ1n) is 20.5. The standard InChI is InChI=1S/C41H51N5O10S/c1-22-5-3-4-6-26-20-41(26,39(49)45-57(51,52)29-7-8-29)44-36(47)32-19-28(55-37-31-9-10-33-35(54-14-13-53-33)30(31)11-12-42-37)21-46(32)38(48)34(23(2)15-22)43-40(50)56-27-17-24-16-25(24)18-27/h4,6,9-12,22-29,32,34H,3,5,7-8,13-21H2,1-2H3,(H,43,50)(H,44,47)(H,45,49)/b6-4-/t22-,23+,24-,25+,26+,27?,28+,32-,34-,41+/m0/s1. The second kappa shape index (κ2) is 14.7. The lowest BCUT2D eigenvalue weighted by molar-refractivity contribution is -0.142. The molecule has 0 bridgehead atoms. The van der Waals surface area contributed by atoms with Gasteiger partial charge >= 0.3 is 6.09 Å². The van der Waals surface area contributed by atoms with E-state index in [0.29, 0.717) is 67.6 Å². The molecule has 9 rings (SSSR count). The predicted molar refractivity (Wildman–Crippen MR) is 206 cm³/mol. The lowest BCUT2D eigenvalue weighted by Gasteiger charge is -2.33. The Kier molecular flexibility index (Phi) is 9.75. The Morgan fingerprint density at radius 2 is 1.75 bits per heavy atom. The van der Waals surface area contributed by atoms with E-state index in [2.05, 4.69) is 27.3 Å². The minimum absolute atomic E-state index is 0.0143. The Hall–Kier alpha value is -4.60. The molecule has 15 nitrogen and oxygen atoms in total. The summed E-state index contributed by atoms with van der Waals surface area (Å²) in [5.74, 6) is 0.239. The molecule has 2 aromatic rings. The molecule has 0 radical (unpaired) electrons. The Labute approximate surface area is 332 Å². The zero-order valence-electron chi connectivity index (χ0n) is 32.3. The number of rotatable bonds is 7. The Morgan fingerprint density at radius 3 is 2.54 bits per heavy atom. The third kappa shape index (κ3) is 7.61. The van der Waals surface area contributed by atoms with Crippen molar-refractivity contribution < 1.29 is 46.5 Å². The number of nitrogens with zero attached hydrogens (tertiary/aromatic N) is 2. The maximum absolute atomic E-state index is 14.9. The van der Waals surface area contributed by atoms with Gasteiger partial charge in [-0.25, -0.2) is 18.2 Å². The third-order valence-corrected chi connectivity index (χ3v) is 14.9. The highest BCUT2D eigenvalue weighted by Crippen LogP contribution is 2.52. The molecule has 3 N–H and O–H groups in total. The number of alkyl carbamates (subject to hydrolysis) is 1. The summed E-state index contributed by atoms with van der Waals surface area (Å²) in [6, 6.07) is 3.31.